The lowest BCUT2D eigenvalue weighted by molar-refractivity contribution is -0.343. The van der Waals surface area contributed by atoms with E-state index in [1.165, 1.54) is 30.3 Å². The molecule has 0 spiro atoms. The fourth-order valence-electron chi connectivity index (χ4n) is 5.40. The van der Waals surface area contributed by atoms with E-state index in [-0.39, 0.29) is 35.5 Å². The second-order valence-corrected chi connectivity index (χ2v) is 10.2. The van der Waals surface area contributed by atoms with Crippen LogP contribution in [0.25, 0.3) is 11.1 Å². The van der Waals surface area contributed by atoms with Gasteiger partial charge in [-0.05, 0) is 29.8 Å². The molecule has 14 heteroatoms. The quantitative estimate of drug-likeness (QED) is 0.128. The third-order valence-corrected chi connectivity index (χ3v) is 7.66. The van der Waals surface area contributed by atoms with Crippen LogP contribution in [0.4, 0.5) is 0 Å². The molecule has 0 aromatic heterocycles. The van der Waals surface area contributed by atoms with Crippen LogP contribution in [0.1, 0.15) is 16.8 Å². The van der Waals surface area contributed by atoms with Crippen molar-refractivity contribution in [1.82, 2.24) is 0 Å². The minimum atomic E-state index is -1.91. The Bertz CT molecular complexity index is 1440. The lowest BCUT2D eigenvalue weighted by Crippen LogP contribution is -2.62. The predicted molar refractivity (Wildman–Crippen MR) is 142 cm³/mol. The Hall–Kier alpha value is -4.18. The molecule has 43 heavy (non-hydrogen) atoms. The number of ether oxygens (including phenoxy) is 5. The molecule has 5 rings (SSSR count). The topological polar surface area (TPSA) is 222 Å². The van der Waals surface area contributed by atoms with Gasteiger partial charge in [-0.15, -0.1) is 6.58 Å². The maximum absolute atomic E-state index is 13.5. The molecule has 0 radical (unpaired) electrons. The van der Waals surface area contributed by atoms with Gasteiger partial charge in [0.1, 0.15) is 52.3 Å². The maximum Gasteiger partial charge on any atom is 0.343 e. The summed E-state index contributed by atoms with van der Waals surface area (Å²) in [6.07, 6.45) is -7.87. The van der Waals surface area contributed by atoms with E-state index in [9.17, 15) is 45.3 Å². The van der Waals surface area contributed by atoms with Crippen molar-refractivity contribution in [2.24, 2.45) is 5.92 Å². The van der Waals surface area contributed by atoms with Crippen molar-refractivity contribution < 1.29 is 69.0 Å². The molecule has 230 valence electrons. The van der Waals surface area contributed by atoms with E-state index >= 15 is 0 Å². The van der Waals surface area contributed by atoms with E-state index in [0.29, 0.717) is 0 Å². The van der Waals surface area contributed by atoms with Crippen molar-refractivity contribution in [3.63, 3.8) is 0 Å². The molecule has 0 amide bonds. The zero-order valence-electron chi connectivity index (χ0n) is 22.5. The van der Waals surface area contributed by atoms with Crippen LogP contribution in [0.15, 0.2) is 60.9 Å². The van der Waals surface area contributed by atoms with Gasteiger partial charge in [-0.1, -0.05) is 18.2 Å². The molecule has 0 unspecified atom stereocenters. The number of esters is 2. The number of carbonyl (C=O) groups excluding carboxylic acids is 2. The first-order valence-corrected chi connectivity index (χ1v) is 13.2. The van der Waals surface area contributed by atoms with Gasteiger partial charge in [-0.3, -0.25) is 0 Å². The first-order chi connectivity index (χ1) is 20.5. The molecule has 0 saturated carbocycles. The van der Waals surface area contributed by atoms with Gasteiger partial charge in [0, 0.05) is 12.0 Å². The Morgan fingerprint density at radius 3 is 2.53 bits per heavy atom. The molecule has 2 aromatic carbocycles. The second-order valence-electron chi connectivity index (χ2n) is 10.2. The Morgan fingerprint density at radius 2 is 1.84 bits per heavy atom. The first-order valence-electron chi connectivity index (χ1n) is 13.2. The summed E-state index contributed by atoms with van der Waals surface area (Å²) in [5, 5.41) is 73.7. The minimum absolute atomic E-state index is 0.0242. The number of phenolic OH excluding ortho intramolecular Hbond substituents is 3. The lowest BCUT2D eigenvalue weighted by atomic mass is 9.76. The number of aliphatic hydroxyl groups excluding tert-OH is 3. The maximum atomic E-state index is 13.5. The summed E-state index contributed by atoms with van der Waals surface area (Å²) in [4.78, 5) is 25.8. The van der Waals surface area contributed by atoms with E-state index in [1.54, 1.807) is 0 Å². The normalized spacial score (nSPS) is 32.0. The number of carbonyl (C=O) groups is 2. The molecule has 8 atom stereocenters. The van der Waals surface area contributed by atoms with E-state index in [2.05, 4.69) is 6.58 Å². The van der Waals surface area contributed by atoms with Gasteiger partial charge in [-0.25, -0.2) is 9.59 Å². The summed E-state index contributed by atoms with van der Waals surface area (Å²) in [7, 11) is 0. The van der Waals surface area contributed by atoms with Crippen LogP contribution in [0, 0.1) is 5.92 Å². The number of aliphatic hydroxyl groups is 4. The van der Waals surface area contributed by atoms with Crippen LogP contribution < -0.4 is 0 Å². The third kappa shape index (κ3) is 5.40. The molecule has 2 aromatic rings. The predicted octanol–water partition coefficient (Wildman–Crippen LogP) is 0.172. The lowest BCUT2D eigenvalue weighted by Gasteiger charge is -2.47. The zero-order valence-corrected chi connectivity index (χ0v) is 22.5. The number of phenols is 3. The van der Waals surface area contributed by atoms with Crippen LogP contribution in [0.5, 0.6) is 17.2 Å². The summed E-state index contributed by atoms with van der Waals surface area (Å²) in [5.41, 5.74) is -2.59. The van der Waals surface area contributed by atoms with Gasteiger partial charge in [0.15, 0.2) is 6.10 Å². The van der Waals surface area contributed by atoms with Crippen LogP contribution in [0.2, 0.25) is 0 Å². The highest BCUT2D eigenvalue weighted by Gasteiger charge is 2.55. The van der Waals surface area contributed by atoms with E-state index in [1.807, 2.05) is 0 Å². The Kier molecular flexibility index (Phi) is 8.34. The highest BCUT2D eigenvalue weighted by atomic mass is 16.8. The molecule has 3 aliphatic heterocycles. The monoisotopic (exact) mass is 602 g/mol. The van der Waals surface area contributed by atoms with Crippen LogP contribution in [0.3, 0.4) is 0 Å². The highest BCUT2D eigenvalue weighted by Crippen LogP contribution is 2.43. The smallest absolute Gasteiger partial charge is 0.343 e. The SMILES string of the molecule is C=C[C@H]1[C@@H](O[C@@H]2O[C@@H](CO)[C@H](O)[C@H](O)[C@@H]2OC(=O)c2c(O)ccc(O)c2-c2cccc(O)c2)OC=C2C(=O)OCC[C@@]21O. The minimum Gasteiger partial charge on any atom is -0.508 e. The molecular formula is C29H30O14. The number of aromatic hydroxyl groups is 3. The standard InChI is InChI=1S/C29H30O14/c1-2-15-27(40-12-16-25(36)39-9-8-29(15,16)38)43-28-24(23(35)22(34)19(11-30)41-28)42-26(37)21-18(33)7-6-17(32)20(21)13-4-3-5-14(31)10-13/h2-7,10,12,15,19,22-24,27-28,30-35,38H,1,8-9,11H2/t15-,19-,22-,23-,24-,27+,28-,29-/m0/s1. The zero-order chi connectivity index (χ0) is 31.1. The summed E-state index contributed by atoms with van der Waals surface area (Å²) < 4.78 is 27.5. The number of fused-ring (bicyclic) bond motifs is 1. The van der Waals surface area contributed by atoms with Gasteiger partial charge < -0.3 is 59.4 Å². The van der Waals surface area contributed by atoms with Crippen LogP contribution in [-0.4, -0.2) is 103 Å². The fourth-order valence-corrected chi connectivity index (χ4v) is 5.40. The number of hydrogen-bond acceptors (Lipinski definition) is 14. The molecule has 2 saturated heterocycles. The average Bonchev–Trinajstić information content (AvgIpc) is 2.97. The molecule has 0 bridgehead atoms. The Balaban J connectivity index is 1.48. The molecule has 2 fully saturated rings. The van der Waals surface area contributed by atoms with Gasteiger partial charge >= 0.3 is 11.9 Å². The summed E-state index contributed by atoms with van der Waals surface area (Å²) in [6.45, 7) is 2.82. The summed E-state index contributed by atoms with van der Waals surface area (Å²) in [5.74, 6) is -4.45. The van der Waals surface area contributed by atoms with Gasteiger partial charge in [0.05, 0.1) is 25.4 Å². The fraction of sp³-hybridized carbons (Fsp3) is 0.379. The van der Waals surface area contributed by atoms with Crippen molar-refractivity contribution in [2.75, 3.05) is 13.2 Å². The molecule has 3 aliphatic rings. The number of cyclic esters (lactones) is 1. The van der Waals surface area contributed by atoms with Crippen molar-refractivity contribution >= 4 is 11.9 Å². The molecular weight excluding hydrogens is 572 g/mol. The van der Waals surface area contributed by atoms with Gasteiger partial charge in [0.2, 0.25) is 12.6 Å². The average molecular weight is 603 g/mol. The van der Waals surface area contributed by atoms with E-state index in [4.69, 9.17) is 23.7 Å². The number of rotatable bonds is 7. The van der Waals surface area contributed by atoms with Crippen molar-refractivity contribution in [3.8, 4) is 28.4 Å². The van der Waals surface area contributed by atoms with E-state index < -0.39 is 84.1 Å². The van der Waals surface area contributed by atoms with Crippen molar-refractivity contribution in [1.29, 1.82) is 0 Å². The van der Waals surface area contributed by atoms with Crippen LogP contribution >= 0.6 is 0 Å². The Morgan fingerprint density at radius 1 is 1.09 bits per heavy atom. The summed E-state index contributed by atoms with van der Waals surface area (Å²) >= 11 is 0. The molecule has 14 nitrogen and oxygen atoms in total. The van der Waals surface area contributed by atoms with E-state index in [0.717, 1.165) is 18.4 Å². The highest BCUT2D eigenvalue weighted by molar-refractivity contribution is 6.02. The molecule has 3 heterocycles. The second kappa shape index (κ2) is 11.8. The molecule has 0 aliphatic carbocycles. The first kappa shape index (κ1) is 30.3. The Labute approximate surface area is 244 Å². The summed E-state index contributed by atoms with van der Waals surface area (Å²) in [6, 6.07) is 7.63. The van der Waals surface area contributed by atoms with Gasteiger partial charge in [-0.2, -0.15) is 0 Å². The third-order valence-electron chi connectivity index (χ3n) is 7.66. The van der Waals surface area contributed by atoms with Crippen molar-refractivity contribution in [3.05, 3.63) is 66.5 Å². The van der Waals surface area contributed by atoms with Crippen molar-refractivity contribution in [2.45, 2.75) is 49.0 Å². The van der Waals surface area contributed by atoms with Gasteiger partial charge in [0.25, 0.3) is 0 Å². The largest absolute Gasteiger partial charge is 0.508 e. The molecule has 7 N–H and O–H groups in total. The van der Waals surface area contributed by atoms with Crippen LogP contribution in [-0.2, 0) is 28.5 Å². The number of hydrogen-bond donors (Lipinski definition) is 7. The number of benzene rings is 2.